The Morgan fingerprint density at radius 3 is 2.50 bits per heavy atom. The van der Waals surface area contributed by atoms with Crippen LogP contribution in [-0.4, -0.2) is 39.6 Å². The molecule has 4 aliphatic rings. The van der Waals surface area contributed by atoms with E-state index in [-0.39, 0.29) is 41.5 Å². The van der Waals surface area contributed by atoms with Gasteiger partial charge in [0.2, 0.25) is 0 Å². The van der Waals surface area contributed by atoms with Gasteiger partial charge < -0.3 is 25.2 Å². The molecule has 0 aromatic rings. The molecule has 4 aliphatic carbocycles. The van der Waals surface area contributed by atoms with E-state index in [0.29, 0.717) is 36.0 Å². The molecule has 30 heavy (non-hydrogen) atoms. The van der Waals surface area contributed by atoms with E-state index >= 15 is 0 Å². The molecule has 0 aromatic carbocycles. The van der Waals surface area contributed by atoms with Gasteiger partial charge in [-0.3, -0.25) is 0 Å². The maximum Gasteiger partial charge on any atom is 0.0602 e. The third kappa shape index (κ3) is 3.44. The van der Waals surface area contributed by atoms with Gasteiger partial charge in [0, 0.05) is 5.97 Å². The summed E-state index contributed by atoms with van der Waals surface area (Å²) in [5.41, 5.74) is -0.107. The summed E-state index contributed by atoms with van der Waals surface area (Å²) >= 11 is 0. The molecule has 5 heteroatoms. The summed E-state index contributed by atoms with van der Waals surface area (Å²) < 4.78 is 0. The van der Waals surface area contributed by atoms with Gasteiger partial charge in [0.15, 0.2) is 0 Å². The van der Waals surface area contributed by atoms with Crippen molar-refractivity contribution in [2.24, 2.45) is 46.3 Å². The van der Waals surface area contributed by atoms with Gasteiger partial charge in [-0.1, -0.05) is 27.2 Å². The lowest BCUT2D eigenvalue weighted by molar-refractivity contribution is -0.305. The van der Waals surface area contributed by atoms with E-state index in [4.69, 9.17) is 0 Å². The molecule has 4 saturated carbocycles. The van der Waals surface area contributed by atoms with Crippen LogP contribution in [0.5, 0.6) is 0 Å². The van der Waals surface area contributed by atoms with Crippen LogP contribution in [0.2, 0.25) is 0 Å². The summed E-state index contributed by atoms with van der Waals surface area (Å²) in [7, 11) is 0. The summed E-state index contributed by atoms with van der Waals surface area (Å²) in [5.74, 6) is 0.957. The molecule has 4 rings (SSSR count). The third-order valence-corrected chi connectivity index (χ3v) is 10.6. The Bertz CT molecular complexity index is 651. The molecule has 0 heterocycles. The van der Waals surface area contributed by atoms with Crippen LogP contribution in [0.4, 0.5) is 0 Å². The molecular weight excluding hydrogens is 380 g/mol. The van der Waals surface area contributed by atoms with Gasteiger partial charge in [-0.15, -0.1) is 0 Å². The minimum Gasteiger partial charge on any atom is -0.550 e. The fourth-order valence-electron chi connectivity index (χ4n) is 8.90. The zero-order chi connectivity index (χ0) is 21.8. The Labute approximate surface area is 181 Å². The second-order valence-electron chi connectivity index (χ2n) is 11.8. The lowest BCUT2D eigenvalue weighted by Gasteiger charge is -2.63. The highest BCUT2D eigenvalue weighted by Gasteiger charge is 2.65. The number of carbonyl (C=O) groups excluding carboxylic acids is 1. The highest BCUT2D eigenvalue weighted by atomic mass is 16.4. The predicted octanol–water partition coefficient (Wildman–Crippen LogP) is 2.50. The van der Waals surface area contributed by atoms with E-state index in [1.54, 1.807) is 0 Å². The lowest BCUT2D eigenvalue weighted by Crippen LogP contribution is -2.62. The van der Waals surface area contributed by atoms with Crippen LogP contribution in [0.3, 0.4) is 0 Å². The number of hydrogen-bond acceptors (Lipinski definition) is 5. The number of carboxylic acids is 1. The number of carbonyl (C=O) groups is 1. The van der Waals surface area contributed by atoms with Crippen LogP contribution in [-0.2, 0) is 4.79 Å². The maximum absolute atomic E-state index is 11.5. The number of aliphatic carboxylic acids is 1. The van der Waals surface area contributed by atoms with E-state index in [1.807, 2.05) is 0 Å². The van der Waals surface area contributed by atoms with Crippen molar-refractivity contribution in [3.63, 3.8) is 0 Å². The lowest BCUT2D eigenvalue weighted by atomic mass is 9.43. The standard InChI is InChI=1S/C25H42O5/c1-14(5-4-6-22(29)30)17-7-8-18-23-19(13-21(28)25(17,18)3)24(2)10-9-16(26)11-15(24)12-20(23)27/h14-21,23,26-28H,4-13H2,1-3H3,(H,29,30)/p-1/t14-,15+,16-,17-,18+,19+,20-,21+,23+,24+,25-/m1/s1. The maximum atomic E-state index is 11.5. The van der Waals surface area contributed by atoms with Crippen molar-refractivity contribution in [1.82, 2.24) is 0 Å². The molecule has 0 saturated heterocycles. The first-order chi connectivity index (χ1) is 14.1. The Morgan fingerprint density at radius 2 is 1.80 bits per heavy atom. The molecule has 0 bridgehead atoms. The molecule has 0 aliphatic heterocycles. The van der Waals surface area contributed by atoms with Gasteiger partial charge in [0.25, 0.3) is 0 Å². The molecule has 3 N–H and O–H groups in total. The average molecular weight is 422 g/mol. The number of fused-ring (bicyclic) bond motifs is 5. The first-order valence-corrected chi connectivity index (χ1v) is 12.3. The summed E-state index contributed by atoms with van der Waals surface area (Å²) in [6, 6.07) is 0. The Morgan fingerprint density at radius 1 is 1.07 bits per heavy atom. The van der Waals surface area contributed by atoms with Crippen LogP contribution in [0.15, 0.2) is 0 Å². The van der Waals surface area contributed by atoms with E-state index in [9.17, 15) is 25.2 Å². The van der Waals surface area contributed by atoms with Gasteiger partial charge in [-0.2, -0.15) is 0 Å². The van der Waals surface area contributed by atoms with Crippen molar-refractivity contribution >= 4 is 5.97 Å². The Kier molecular flexibility index (Phi) is 6.04. The molecule has 4 fully saturated rings. The van der Waals surface area contributed by atoms with Crippen LogP contribution < -0.4 is 5.11 Å². The van der Waals surface area contributed by atoms with E-state index in [1.165, 1.54) is 0 Å². The smallest absolute Gasteiger partial charge is 0.0602 e. The Hall–Kier alpha value is -0.650. The average Bonchev–Trinajstić information content (AvgIpc) is 3.02. The van der Waals surface area contributed by atoms with Crippen LogP contribution in [0, 0.1) is 46.3 Å². The monoisotopic (exact) mass is 421 g/mol. The molecule has 0 spiro atoms. The zero-order valence-electron chi connectivity index (χ0n) is 18.9. The second kappa shape index (κ2) is 8.04. The zero-order valence-corrected chi connectivity index (χ0v) is 18.9. The summed E-state index contributed by atoms with van der Waals surface area (Å²) in [6.45, 7) is 6.82. The van der Waals surface area contributed by atoms with Crippen molar-refractivity contribution in [2.45, 2.75) is 103 Å². The first-order valence-electron chi connectivity index (χ1n) is 12.3. The number of aliphatic hydroxyl groups is 3. The number of aliphatic hydroxyl groups excluding tert-OH is 3. The van der Waals surface area contributed by atoms with Crippen LogP contribution in [0.25, 0.3) is 0 Å². The number of hydrogen-bond donors (Lipinski definition) is 3. The fraction of sp³-hybridized carbons (Fsp3) is 0.960. The van der Waals surface area contributed by atoms with Crippen molar-refractivity contribution in [3.8, 4) is 0 Å². The van der Waals surface area contributed by atoms with Crippen LogP contribution >= 0.6 is 0 Å². The molecule has 0 unspecified atom stereocenters. The molecule has 0 aromatic heterocycles. The molecule has 5 nitrogen and oxygen atoms in total. The fourth-order valence-corrected chi connectivity index (χ4v) is 8.90. The van der Waals surface area contributed by atoms with Gasteiger partial charge in [-0.25, -0.2) is 0 Å². The second-order valence-corrected chi connectivity index (χ2v) is 11.8. The number of rotatable bonds is 5. The SMILES string of the molecule is C[C@H](CCCC(=O)[O-])[C@H]1CC[C@H]2[C@@H]3[C@H](O)C[C@@H]4C[C@H](O)CC[C@]4(C)[C@H]3C[C@H](O)[C@]12C. The minimum atomic E-state index is -0.982. The predicted molar refractivity (Wildman–Crippen MR) is 112 cm³/mol. The quantitative estimate of drug-likeness (QED) is 0.633. The largest absolute Gasteiger partial charge is 0.550 e. The first kappa shape index (κ1) is 22.5. The molecular formula is C25H41O5-. The Balaban J connectivity index is 1.56. The van der Waals surface area contributed by atoms with Crippen molar-refractivity contribution in [2.75, 3.05) is 0 Å². The van der Waals surface area contributed by atoms with E-state index in [2.05, 4.69) is 20.8 Å². The summed E-state index contributed by atoms with van der Waals surface area (Å²) in [6.07, 6.45) is 6.86. The van der Waals surface area contributed by atoms with Gasteiger partial charge in [0.05, 0.1) is 18.3 Å². The molecule has 0 amide bonds. The van der Waals surface area contributed by atoms with E-state index in [0.717, 1.165) is 51.4 Å². The highest BCUT2D eigenvalue weighted by Crippen LogP contribution is 2.68. The summed E-state index contributed by atoms with van der Waals surface area (Å²) in [5, 5.41) is 43.8. The molecule has 0 radical (unpaired) electrons. The topological polar surface area (TPSA) is 101 Å². The van der Waals surface area contributed by atoms with Crippen molar-refractivity contribution in [3.05, 3.63) is 0 Å². The van der Waals surface area contributed by atoms with Gasteiger partial charge >= 0.3 is 0 Å². The molecule has 11 atom stereocenters. The minimum absolute atomic E-state index is 0.101. The van der Waals surface area contributed by atoms with Crippen molar-refractivity contribution in [1.29, 1.82) is 0 Å². The van der Waals surface area contributed by atoms with Crippen molar-refractivity contribution < 1.29 is 25.2 Å². The third-order valence-electron chi connectivity index (χ3n) is 10.6. The van der Waals surface area contributed by atoms with Crippen LogP contribution in [0.1, 0.15) is 85.0 Å². The summed E-state index contributed by atoms with van der Waals surface area (Å²) in [4.78, 5) is 10.8. The van der Waals surface area contributed by atoms with E-state index < -0.39 is 5.97 Å². The number of carboxylic acid groups (broad SMARTS) is 1. The highest BCUT2D eigenvalue weighted by molar-refractivity contribution is 5.64. The van der Waals surface area contributed by atoms with Gasteiger partial charge in [0.1, 0.15) is 0 Å². The van der Waals surface area contributed by atoms with Gasteiger partial charge in [-0.05, 0) is 104 Å². The normalized spacial score (nSPS) is 51.5. The molecule has 172 valence electrons.